The summed E-state index contributed by atoms with van der Waals surface area (Å²) in [6, 6.07) is 8.93. The minimum absolute atomic E-state index is 0.249. The molecule has 0 aliphatic rings. The third-order valence-corrected chi connectivity index (χ3v) is 4.10. The van der Waals surface area contributed by atoms with Gasteiger partial charge in [0.15, 0.2) is 5.13 Å². The number of anilines is 1. The predicted molar refractivity (Wildman–Crippen MR) is 87.3 cm³/mol. The van der Waals surface area contributed by atoms with E-state index in [0.29, 0.717) is 21.2 Å². The number of aromatic nitrogens is 1. The number of hydrogen-bond acceptors (Lipinski definition) is 5. The molecule has 2 aromatic rings. The molecule has 23 heavy (non-hydrogen) atoms. The summed E-state index contributed by atoms with van der Waals surface area (Å²) < 4.78 is 0. The maximum absolute atomic E-state index is 11.9. The van der Waals surface area contributed by atoms with E-state index in [-0.39, 0.29) is 11.6 Å². The lowest BCUT2D eigenvalue weighted by molar-refractivity contribution is -0.139. The van der Waals surface area contributed by atoms with E-state index in [1.165, 1.54) is 6.92 Å². The second kappa shape index (κ2) is 7.22. The lowest BCUT2D eigenvalue weighted by Crippen LogP contribution is -2.22. The van der Waals surface area contributed by atoms with Crippen molar-refractivity contribution in [2.75, 3.05) is 5.32 Å². The molecule has 0 aliphatic carbocycles. The molecule has 1 atom stereocenters. The molecule has 0 fully saturated rings. The number of hydrogen-bond donors (Lipinski definition) is 2. The number of carbonyl (C=O) groups excluding carboxylic acids is 1. The summed E-state index contributed by atoms with van der Waals surface area (Å²) in [5.41, 5.74) is 1.10. The average molecular weight is 350 g/mol. The number of carbonyl (C=O) groups is 2. The smallest absolute Gasteiger partial charge is 0.304 e. The highest BCUT2D eigenvalue weighted by Crippen LogP contribution is 2.32. The number of aliphatic carboxylic acids is 1. The Hall–Kier alpha value is -2.43. The first-order valence-electron chi connectivity index (χ1n) is 6.60. The molecule has 1 amide bonds. The number of thiazole rings is 1. The number of amides is 1. The zero-order valence-electron chi connectivity index (χ0n) is 12.0. The van der Waals surface area contributed by atoms with Gasteiger partial charge >= 0.3 is 5.97 Å². The average Bonchev–Trinajstić information content (AvgIpc) is 2.89. The normalized spacial score (nSPS) is 11.5. The third-order valence-electron chi connectivity index (χ3n) is 2.99. The standard InChI is InChI=1S/C15H12ClN3O3S/c1-8(5-12(20)21)14(22)19-15-18-13(11(7-17)23-15)9-3-2-4-10(16)6-9/h2-4,6,8H,5H2,1H3,(H,20,21)(H,18,19,22)/t8-/m0/s1. The number of nitrogens with one attached hydrogen (secondary N) is 1. The molecule has 2 N–H and O–H groups in total. The van der Waals surface area contributed by atoms with E-state index in [0.717, 1.165) is 11.3 Å². The Morgan fingerprint density at radius 2 is 2.26 bits per heavy atom. The molecule has 1 aromatic heterocycles. The summed E-state index contributed by atoms with van der Waals surface area (Å²) in [4.78, 5) is 27.2. The number of halogens is 1. The second-order valence-corrected chi connectivity index (χ2v) is 6.24. The number of nitrogens with zero attached hydrogens (tertiary/aromatic N) is 2. The van der Waals surface area contributed by atoms with Crippen LogP contribution in [0.5, 0.6) is 0 Å². The summed E-state index contributed by atoms with van der Waals surface area (Å²) in [5.74, 6) is -2.20. The first kappa shape index (κ1) is 16.9. The lowest BCUT2D eigenvalue weighted by Gasteiger charge is -2.07. The van der Waals surface area contributed by atoms with Crippen LogP contribution in [0.15, 0.2) is 24.3 Å². The number of carboxylic acids is 1. The Kier molecular flexibility index (Phi) is 5.32. The van der Waals surface area contributed by atoms with Crippen molar-refractivity contribution in [3.8, 4) is 17.3 Å². The van der Waals surface area contributed by atoms with Gasteiger partial charge in [-0.2, -0.15) is 5.26 Å². The highest BCUT2D eigenvalue weighted by molar-refractivity contribution is 7.16. The molecule has 8 heteroatoms. The van der Waals surface area contributed by atoms with E-state index >= 15 is 0 Å². The number of rotatable bonds is 5. The van der Waals surface area contributed by atoms with Gasteiger partial charge in [-0.15, -0.1) is 0 Å². The van der Waals surface area contributed by atoms with E-state index < -0.39 is 17.8 Å². The van der Waals surface area contributed by atoms with Crippen molar-refractivity contribution in [2.24, 2.45) is 5.92 Å². The highest BCUT2D eigenvalue weighted by atomic mass is 35.5. The summed E-state index contributed by atoms with van der Waals surface area (Å²) in [6.45, 7) is 1.51. The van der Waals surface area contributed by atoms with Gasteiger partial charge in [-0.05, 0) is 12.1 Å². The van der Waals surface area contributed by atoms with Crippen molar-refractivity contribution in [1.82, 2.24) is 4.98 Å². The highest BCUT2D eigenvalue weighted by Gasteiger charge is 2.20. The maximum Gasteiger partial charge on any atom is 0.304 e. The Labute approximate surface area is 141 Å². The van der Waals surface area contributed by atoms with Crippen LogP contribution in [0.4, 0.5) is 5.13 Å². The van der Waals surface area contributed by atoms with Gasteiger partial charge in [0.2, 0.25) is 5.91 Å². The molecule has 6 nitrogen and oxygen atoms in total. The zero-order chi connectivity index (χ0) is 17.0. The van der Waals surface area contributed by atoms with Crippen LogP contribution in [0.1, 0.15) is 18.2 Å². The van der Waals surface area contributed by atoms with E-state index in [1.807, 2.05) is 6.07 Å². The number of carboxylic acid groups (broad SMARTS) is 1. The minimum atomic E-state index is -1.05. The molecular weight excluding hydrogens is 338 g/mol. The van der Waals surface area contributed by atoms with Crippen LogP contribution < -0.4 is 5.32 Å². The summed E-state index contributed by atoms with van der Waals surface area (Å²) in [5, 5.41) is 21.2. The van der Waals surface area contributed by atoms with Gasteiger partial charge in [0.1, 0.15) is 16.6 Å². The van der Waals surface area contributed by atoms with Crippen LogP contribution in [-0.4, -0.2) is 22.0 Å². The fraction of sp³-hybridized carbons (Fsp3) is 0.200. The monoisotopic (exact) mass is 349 g/mol. The topological polar surface area (TPSA) is 103 Å². The predicted octanol–water partition coefficient (Wildman–Crippen LogP) is 3.38. The first-order valence-corrected chi connectivity index (χ1v) is 7.79. The van der Waals surface area contributed by atoms with Crippen molar-refractivity contribution in [3.63, 3.8) is 0 Å². The Morgan fingerprint density at radius 1 is 1.52 bits per heavy atom. The Bertz CT molecular complexity index is 798. The lowest BCUT2D eigenvalue weighted by atomic mass is 10.1. The van der Waals surface area contributed by atoms with Gasteiger partial charge in [-0.1, -0.05) is 42.0 Å². The minimum Gasteiger partial charge on any atom is -0.481 e. The summed E-state index contributed by atoms with van der Waals surface area (Å²) in [6.07, 6.45) is -0.274. The molecule has 0 aliphatic heterocycles. The van der Waals surface area contributed by atoms with Gasteiger partial charge in [-0.3, -0.25) is 9.59 Å². The van der Waals surface area contributed by atoms with Gasteiger partial charge in [-0.25, -0.2) is 4.98 Å². The summed E-state index contributed by atoms with van der Waals surface area (Å²) in [7, 11) is 0. The van der Waals surface area contributed by atoms with Crippen molar-refractivity contribution in [1.29, 1.82) is 5.26 Å². The SMILES string of the molecule is C[C@@H](CC(=O)O)C(=O)Nc1nc(-c2cccc(Cl)c2)c(C#N)s1. The van der Waals surface area contributed by atoms with E-state index in [9.17, 15) is 14.9 Å². The molecule has 1 aromatic carbocycles. The molecule has 2 rings (SSSR count). The second-order valence-electron chi connectivity index (χ2n) is 4.81. The Balaban J connectivity index is 2.24. The molecular formula is C15H12ClN3O3S. The van der Waals surface area contributed by atoms with Crippen molar-refractivity contribution in [2.45, 2.75) is 13.3 Å². The van der Waals surface area contributed by atoms with Crippen LogP contribution in [0, 0.1) is 17.2 Å². The fourth-order valence-electron chi connectivity index (χ4n) is 1.86. The van der Waals surface area contributed by atoms with Crippen LogP contribution >= 0.6 is 22.9 Å². The molecule has 0 spiro atoms. The van der Waals surface area contributed by atoms with E-state index in [4.69, 9.17) is 16.7 Å². The summed E-state index contributed by atoms with van der Waals surface area (Å²) >= 11 is 6.97. The molecule has 0 radical (unpaired) electrons. The van der Waals surface area contributed by atoms with Gasteiger partial charge < -0.3 is 10.4 Å². The quantitative estimate of drug-likeness (QED) is 0.861. The zero-order valence-corrected chi connectivity index (χ0v) is 13.6. The van der Waals surface area contributed by atoms with Crippen LogP contribution in [0.2, 0.25) is 5.02 Å². The largest absolute Gasteiger partial charge is 0.481 e. The van der Waals surface area contributed by atoms with Crippen molar-refractivity contribution in [3.05, 3.63) is 34.2 Å². The molecule has 118 valence electrons. The van der Waals surface area contributed by atoms with Crippen molar-refractivity contribution >= 4 is 39.9 Å². The van der Waals surface area contributed by atoms with Gasteiger partial charge in [0, 0.05) is 16.5 Å². The van der Waals surface area contributed by atoms with Gasteiger partial charge in [0.05, 0.1) is 6.42 Å². The molecule has 0 saturated heterocycles. The molecule has 1 heterocycles. The van der Waals surface area contributed by atoms with Crippen molar-refractivity contribution < 1.29 is 14.7 Å². The van der Waals surface area contributed by atoms with E-state index in [2.05, 4.69) is 10.3 Å². The molecule has 0 bridgehead atoms. The molecule has 0 unspecified atom stereocenters. The first-order chi connectivity index (χ1) is 10.9. The Morgan fingerprint density at radius 3 is 2.87 bits per heavy atom. The van der Waals surface area contributed by atoms with E-state index in [1.54, 1.807) is 24.3 Å². The van der Waals surface area contributed by atoms with Gasteiger partial charge in [0.25, 0.3) is 0 Å². The van der Waals surface area contributed by atoms with Crippen LogP contribution in [-0.2, 0) is 9.59 Å². The third kappa shape index (κ3) is 4.28. The van der Waals surface area contributed by atoms with Crippen LogP contribution in [0.25, 0.3) is 11.3 Å². The fourth-order valence-corrected chi connectivity index (χ4v) is 2.84. The van der Waals surface area contributed by atoms with Crippen LogP contribution in [0.3, 0.4) is 0 Å². The number of nitriles is 1. The molecule has 0 saturated carbocycles. The maximum atomic E-state index is 11.9. The number of benzene rings is 1.